The minimum absolute atomic E-state index is 0.128. The van der Waals surface area contributed by atoms with Gasteiger partial charge in [-0.05, 0) is 50.4 Å². The topological polar surface area (TPSA) is 32.3 Å². The number of para-hydroxylation sites is 1. The minimum Gasteiger partial charge on any atom is -0.317 e. The summed E-state index contributed by atoms with van der Waals surface area (Å²) in [6.07, 6.45) is 5.08. The third-order valence-electron chi connectivity index (χ3n) is 4.88. The van der Waals surface area contributed by atoms with Crippen molar-refractivity contribution in [1.82, 2.24) is 5.32 Å². The Morgan fingerprint density at radius 3 is 2.80 bits per heavy atom. The molecule has 0 saturated carbocycles. The van der Waals surface area contributed by atoms with Gasteiger partial charge in [0, 0.05) is 12.2 Å². The molecule has 0 aromatic heterocycles. The first-order valence-corrected chi connectivity index (χ1v) is 7.87. The second-order valence-electron chi connectivity index (χ2n) is 6.12. The Labute approximate surface area is 121 Å². The van der Waals surface area contributed by atoms with Gasteiger partial charge in [-0.2, -0.15) is 0 Å². The van der Waals surface area contributed by atoms with Crippen molar-refractivity contribution in [3.63, 3.8) is 0 Å². The molecule has 0 bridgehead atoms. The molecular weight excluding hydrogens is 248 g/mol. The van der Waals surface area contributed by atoms with E-state index >= 15 is 0 Å². The number of hydrogen-bond acceptors (Lipinski definition) is 2. The first-order chi connectivity index (χ1) is 9.77. The van der Waals surface area contributed by atoms with E-state index in [1.54, 1.807) is 0 Å². The van der Waals surface area contributed by atoms with Gasteiger partial charge in [0.25, 0.3) is 0 Å². The van der Waals surface area contributed by atoms with E-state index in [1.807, 2.05) is 6.07 Å². The van der Waals surface area contributed by atoms with Crippen LogP contribution in [0.25, 0.3) is 0 Å². The second-order valence-corrected chi connectivity index (χ2v) is 6.12. The molecule has 3 heteroatoms. The molecule has 0 spiro atoms. The summed E-state index contributed by atoms with van der Waals surface area (Å²) in [5.41, 5.74) is 2.34. The first-order valence-electron chi connectivity index (χ1n) is 7.87. The molecular formula is C17H24N2O. The molecule has 2 aliphatic rings. The van der Waals surface area contributed by atoms with Crippen LogP contribution in [0.2, 0.25) is 0 Å². The summed E-state index contributed by atoms with van der Waals surface area (Å²) in [7, 11) is 0. The number of fused-ring (bicyclic) bond motifs is 1. The smallest absolute Gasteiger partial charge is 0.233 e. The Morgan fingerprint density at radius 2 is 2.05 bits per heavy atom. The minimum atomic E-state index is -0.128. The third kappa shape index (κ3) is 2.24. The van der Waals surface area contributed by atoms with E-state index in [0.29, 0.717) is 5.91 Å². The number of amides is 1. The van der Waals surface area contributed by atoms with Crippen LogP contribution in [-0.2, 0) is 11.2 Å². The standard InChI is InChI=1S/C17H24N2O/c1-2-8-17(9-11-18-12-10-17)16(20)19-13-7-14-5-3-4-6-15(14)19/h3-6,18H,2,7-13H2,1H3. The maximum atomic E-state index is 13.2. The quantitative estimate of drug-likeness (QED) is 0.917. The highest BCUT2D eigenvalue weighted by molar-refractivity contribution is 5.99. The molecule has 2 heterocycles. The predicted octanol–water partition coefficient (Wildman–Crippen LogP) is 2.75. The molecule has 20 heavy (non-hydrogen) atoms. The summed E-state index contributed by atoms with van der Waals surface area (Å²) in [6.45, 7) is 4.99. The van der Waals surface area contributed by atoms with Gasteiger partial charge in [0.05, 0.1) is 5.41 Å². The fourth-order valence-electron chi connectivity index (χ4n) is 3.79. The highest BCUT2D eigenvalue weighted by Gasteiger charge is 2.42. The Hall–Kier alpha value is -1.35. The number of carbonyl (C=O) groups is 1. The number of hydrogen-bond donors (Lipinski definition) is 1. The highest BCUT2D eigenvalue weighted by Crippen LogP contribution is 2.39. The van der Waals surface area contributed by atoms with Crippen molar-refractivity contribution in [3.8, 4) is 0 Å². The van der Waals surface area contributed by atoms with Crippen LogP contribution in [0.15, 0.2) is 24.3 Å². The van der Waals surface area contributed by atoms with Crippen LogP contribution >= 0.6 is 0 Å². The molecule has 1 aromatic rings. The fourth-order valence-corrected chi connectivity index (χ4v) is 3.79. The van der Waals surface area contributed by atoms with Crippen LogP contribution in [0.3, 0.4) is 0 Å². The molecule has 1 N–H and O–H groups in total. The number of piperidine rings is 1. The van der Waals surface area contributed by atoms with Gasteiger partial charge >= 0.3 is 0 Å². The molecule has 2 aliphatic heterocycles. The Morgan fingerprint density at radius 1 is 1.30 bits per heavy atom. The van der Waals surface area contributed by atoms with E-state index in [4.69, 9.17) is 0 Å². The van der Waals surface area contributed by atoms with Crippen LogP contribution in [0.5, 0.6) is 0 Å². The van der Waals surface area contributed by atoms with E-state index in [9.17, 15) is 4.79 Å². The number of rotatable bonds is 3. The molecule has 0 aliphatic carbocycles. The van der Waals surface area contributed by atoms with Gasteiger partial charge in [-0.15, -0.1) is 0 Å². The maximum absolute atomic E-state index is 13.2. The molecule has 0 unspecified atom stereocenters. The summed E-state index contributed by atoms with van der Waals surface area (Å²) in [6, 6.07) is 8.36. The zero-order valence-corrected chi connectivity index (χ0v) is 12.3. The molecule has 0 atom stereocenters. The lowest BCUT2D eigenvalue weighted by atomic mass is 9.74. The van der Waals surface area contributed by atoms with E-state index in [0.717, 1.165) is 57.4 Å². The van der Waals surface area contributed by atoms with Crippen molar-refractivity contribution in [3.05, 3.63) is 29.8 Å². The highest BCUT2D eigenvalue weighted by atomic mass is 16.2. The largest absolute Gasteiger partial charge is 0.317 e. The second kappa shape index (κ2) is 5.57. The molecule has 108 valence electrons. The first kappa shape index (κ1) is 13.6. The molecule has 3 nitrogen and oxygen atoms in total. The Balaban J connectivity index is 1.87. The summed E-state index contributed by atoms with van der Waals surface area (Å²) < 4.78 is 0. The van der Waals surface area contributed by atoms with Gasteiger partial charge in [0.15, 0.2) is 0 Å². The van der Waals surface area contributed by atoms with Crippen LogP contribution in [-0.4, -0.2) is 25.5 Å². The maximum Gasteiger partial charge on any atom is 0.233 e. The molecule has 1 fully saturated rings. The van der Waals surface area contributed by atoms with Crippen LogP contribution in [0.4, 0.5) is 5.69 Å². The zero-order chi connectivity index (χ0) is 14.0. The average Bonchev–Trinajstić information content (AvgIpc) is 2.91. The zero-order valence-electron chi connectivity index (χ0n) is 12.3. The monoisotopic (exact) mass is 272 g/mol. The third-order valence-corrected chi connectivity index (χ3v) is 4.88. The van der Waals surface area contributed by atoms with Crippen molar-refractivity contribution < 1.29 is 4.79 Å². The number of carbonyl (C=O) groups excluding carboxylic acids is 1. The van der Waals surface area contributed by atoms with Crippen molar-refractivity contribution in [2.24, 2.45) is 5.41 Å². The number of anilines is 1. The van der Waals surface area contributed by atoms with Gasteiger partial charge in [0.2, 0.25) is 5.91 Å². The number of nitrogens with one attached hydrogen (secondary N) is 1. The van der Waals surface area contributed by atoms with Gasteiger partial charge < -0.3 is 10.2 Å². The number of nitrogens with zero attached hydrogens (tertiary/aromatic N) is 1. The van der Waals surface area contributed by atoms with Gasteiger partial charge in [-0.3, -0.25) is 4.79 Å². The molecule has 3 rings (SSSR count). The molecule has 1 saturated heterocycles. The summed E-state index contributed by atoms with van der Waals surface area (Å²) in [5, 5.41) is 3.39. The van der Waals surface area contributed by atoms with Gasteiger partial charge in [-0.25, -0.2) is 0 Å². The normalized spacial score (nSPS) is 20.8. The average molecular weight is 272 g/mol. The lowest BCUT2D eigenvalue weighted by Gasteiger charge is -2.39. The van der Waals surface area contributed by atoms with Crippen LogP contribution < -0.4 is 10.2 Å². The fraction of sp³-hybridized carbons (Fsp3) is 0.588. The molecule has 1 aromatic carbocycles. The van der Waals surface area contributed by atoms with Crippen LogP contribution in [0, 0.1) is 5.41 Å². The molecule has 0 radical (unpaired) electrons. The van der Waals surface area contributed by atoms with Crippen molar-refractivity contribution >= 4 is 11.6 Å². The van der Waals surface area contributed by atoms with Gasteiger partial charge in [-0.1, -0.05) is 31.5 Å². The van der Waals surface area contributed by atoms with E-state index in [2.05, 4.69) is 35.3 Å². The summed E-state index contributed by atoms with van der Waals surface area (Å²) in [4.78, 5) is 15.2. The van der Waals surface area contributed by atoms with Crippen molar-refractivity contribution in [1.29, 1.82) is 0 Å². The molecule has 1 amide bonds. The van der Waals surface area contributed by atoms with E-state index in [1.165, 1.54) is 5.56 Å². The lowest BCUT2D eigenvalue weighted by molar-refractivity contribution is -0.130. The van der Waals surface area contributed by atoms with Crippen molar-refractivity contribution in [2.75, 3.05) is 24.5 Å². The Kier molecular flexibility index (Phi) is 3.79. The predicted molar refractivity (Wildman–Crippen MR) is 81.9 cm³/mol. The summed E-state index contributed by atoms with van der Waals surface area (Å²) >= 11 is 0. The number of benzene rings is 1. The van der Waals surface area contributed by atoms with Gasteiger partial charge in [0.1, 0.15) is 0 Å². The SMILES string of the molecule is CCCC1(C(=O)N2CCc3ccccc32)CCNCC1. The Bertz CT molecular complexity index is 486. The van der Waals surface area contributed by atoms with Crippen molar-refractivity contribution in [2.45, 2.75) is 39.0 Å². The lowest BCUT2D eigenvalue weighted by Crippen LogP contribution is -2.49. The van der Waals surface area contributed by atoms with E-state index in [-0.39, 0.29) is 5.41 Å². The van der Waals surface area contributed by atoms with E-state index < -0.39 is 0 Å². The summed E-state index contributed by atoms with van der Waals surface area (Å²) in [5.74, 6) is 0.366. The van der Waals surface area contributed by atoms with Crippen LogP contribution in [0.1, 0.15) is 38.2 Å².